The molecule has 0 fully saturated rings. The van der Waals surface area contributed by atoms with Gasteiger partial charge in [0.1, 0.15) is 11.2 Å². The zero-order valence-electron chi connectivity index (χ0n) is 11.1. The van der Waals surface area contributed by atoms with E-state index in [1.54, 1.807) is 12.1 Å². The molecule has 0 saturated carbocycles. The van der Waals surface area contributed by atoms with Crippen LogP contribution in [-0.2, 0) is 0 Å². The number of halogens is 1. The fourth-order valence-corrected chi connectivity index (χ4v) is 2.65. The number of amides is 2. The molecule has 0 saturated heterocycles. The van der Waals surface area contributed by atoms with Crippen LogP contribution in [0.1, 0.15) is 11.1 Å². The number of carbonyl (C=O) groups is 1. The smallest absolute Gasteiger partial charge is 0.368 e. The lowest BCUT2D eigenvalue weighted by atomic mass is 10.1. The topological polar surface area (TPSA) is 92.5 Å². The van der Waals surface area contributed by atoms with Crippen molar-refractivity contribution in [2.45, 2.75) is 0 Å². The van der Waals surface area contributed by atoms with Crippen molar-refractivity contribution in [2.24, 2.45) is 25.7 Å². The Morgan fingerprint density at radius 2 is 1.82 bits per heavy atom. The molecule has 2 amide bonds. The van der Waals surface area contributed by atoms with Gasteiger partial charge in [0.05, 0.1) is 16.1 Å². The summed E-state index contributed by atoms with van der Waals surface area (Å²) in [6.07, 6.45) is 0. The highest BCUT2D eigenvalue weighted by Crippen LogP contribution is 2.21. The summed E-state index contributed by atoms with van der Waals surface area (Å²) >= 11 is 6.12. The first kappa shape index (κ1) is 12.8. The second-order valence-corrected chi connectivity index (χ2v) is 5.19. The van der Waals surface area contributed by atoms with Gasteiger partial charge in [-0.05, 0) is 12.1 Å². The molecule has 0 atom stereocenters. The normalized spacial score (nSPS) is 16.9. The largest absolute Gasteiger partial charge is 0.383 e. The number of nitrogens with two attached hydrogens (primary N) is 1. The summed E-state index contributed by atoms with van der Waals surface area (Å²) < 4.78 is 0. The van der Waals surface area contributed by atoms with E-state index in [0.29, 0.717) is 33.1 Å². The highest BCUT2D eigenvalue weighted by atomic mass is 35.5. The molecule has 106 valence electrons. The van der Waals surface area contributed by atoms with Crippen molar-refractivity contribution in [2.75, 3.05) is 0 Å². The predicted octanol–water partition coefficient (Wildman–Crippen LogP) is 1.51. The van der Waals surface area contributed by atoms with E-state index in [1.807, 2.05) is 24.3 Å². The molecule has 0 unspecified atom stereocenters. The fraction of sp³-hybridized carbons (Fsp3) is 0. The van der Waals surface area contributed by atoms with Crippen LogP contribution in [0, 0.1) is 0 Å². The van der Waals surface area contributed by atoms with Gasteiger partial charge in [-0.3, -0.25) is 0 Å². The standard InChI is InChI=1S/C15H8ClN5O/c16-10-5-7(6-11-12(10)20-15(22)19-11)18-14-9-4-2-1-3-8(9)13(17)21-14/h1-6H,(H2,17,18,21). The Hall–Kier alpha value is -2.86. The molecule has 0 bridgehead atoms. The third-order valence-corrected chi connectivity index (χ3v) is 3.64. The van der Waals surface area contributed by atoms with Crippen molar-refractivity contribution in [3.63, 3.8) is 0 Å². The summed E-state index contributed by atoms with van der Waals surface area (Å²) in [5.41, 5.74) is 8.14. The van der Waals surface area contributed by atoms with Crippen molar-refractivity contribution in [3.8, 4) is 0 Å². The molecule has 0 aromatic heterocycles. The minimum absolute atomic E-state index is 0.328. The SMILES string of the molecule is NC1=NC(=Nc2cc(Cl)c3c(c2)=NC(=O)N=3)c2ccccc21. The third kappa shape index (κ3) is 1.93. The summed E-state index contributed by atoms with van der Waals surface area (Å²) in [6.45, 7) is 0. The predicted molar refractivity (Wildman–Crippen MR) is 82.5 cm³/mol. The van der Waals surface area contributed by atoms with Crippen LogP contribution in [-0.4, -0.2) is 17.7 Å². The van der Waals surface area contributed by atoms with Crippen molar-refractivity contribution in [3.05, 3.63) is 63.3 Å². The molecule has 6 nitrogen and oxygen atoms in total. The average Bonchev–Trinajstić information content (AvgIpc) is 3.01. The maximum Gasteiger partial charge on any atom is 0.368 e. The van der Waals surface area contributed by atoms with Crippen molar-refractivity contribution >= 4 is 35.0 Å². The van der Waals surface area contributed by atoms with Crippen molar-refractivity contribution < 1.29 is 4.79 Å². The minimum atomic E-state index is -0.560. The summed E-state index contributed by atoms with van der Waals surface area (Å²) in [6, 6.07) is 10.3. The number of nitrogens with zero attached hydrogens (tertiary/aromatic N) is 4. The molecular weight excluding hydrogens is 302 g/mol. The lowest BCUT2D eigenvalue weighted by Crippen LogP contribution is -2.22. The molecule has 0 aliphatic carbocycles. The van der Waals surface area contributed by atoms with Gasteiger partial charge >= 0.3 is 6.03 Å². The Labute approximate surface area is 129 Å². The summed E-state index contributed by atoms with van der Waals surface area (Å²) in [4.78, 5) is 27.5. The molecule has 2 aromatic carbocycles. The van der Waals surface area contributed by atoms with Crippen LogP contribution >= 0.6 is 11.6 Å². The van der Waals surface area contributed by atoms with Gasteiger partial charge in [0.15, 0.2) is 5.84 Å². The molecule has 2 aromatic rings. The van der Waals surface area contributed by atoms with Gasteiger partial charge in [0, 0.05) is 11.1 Å². The number of carbonyl (C=O) groups excluding carboxylic acids is 1. The highest BCUT2D eigenvalue weighted by Gasteiger charge is 2.19. The quantitative estimate of drug-likeness (QED) is 0.864. The van der Waals surface area contributed by atoms with Crippen LogP contribution in [0.5, 0.6) is 0 Å². The first-order chi connectivity index (χ1) is 10.6. The van der Waals surface area contributed by atoms with Gasteiger partial charge < -0.3 is 5.73 Å². The fourth-order valence-electron chi connectivity index (χ4n) is 2.40. The number of rotatable bonds is 1. The Morgan fingerprint density at radius 3 is 2.64 bits per heavy atom. The Balaban J connectivity index is 1.89. The number of hydrogen-bond acceptors (Lipinski definition) is 3. The van der Waals surface area contributed by atoms with Gasteiger partial charge in [0.2, 0.25) is 0 Å². The van der Waals surface area contributed by atoms with Crippen LogP contribution in [0.15, 0.2) is 56.4 Å². The van der Waals surface area contributed by atoms with Crippen molar-refractivity contribution in [1.82, 2.24) is 0 Å². The number of aliphatic imine (C=N–C) groups is 2. The van der Waals surface area contributed by atoms with Gasteiger partial charge in [-0.2, -0.15) is 9.98 Å². The van der Waals surface area contributed by atoms with Crippen LogP contribution in [0.2, 0.25) is 5.02 Å². The molecule has 0 spiro atoms. The lowest BCUT2D eigenvalue weighted by Gasteiger charge is -1.99. The van der Waals surface area contributed by atoms with Crippen LogP contribution in [0.4, 0.5) is 10.5 Å². The van der Waals surface area contributed by atoms with Gasteiger partial charge in [-0.25, -0.2) is 14.8 Å². The molecule has 4 rings (SSSR count). The molecular formula is C15H8ClN5O. The molecule has 7 heteroatoms. The van der Waals surface area contributed by atoms with E-state index in [9.17, 15) is 4.79 Å². The molecule has 2 aliphatic rings. The monoisotopic (exact) mass is 309 g/mol. The first-order valence-corrected chi connectivity index (χ1v) is 6.83. The molecule has 0 radical (unpaired) electrons. The Kier molecular flexibility index (Phi) is 2.67. The van der Waals surface area contributed by atoms with Gasteiger partial charge in [0.25, 0.3) is 0 Å². The van der Waals surface area contributed by atoms with Crippen molar-refractivity contribution in [1.29, 1.82) is 0 Å². The van der Waals surface area contributed by atoms with Crippen LogP contribution < -0.4 is 16.4 Å². The van der Waals surface area contributed by atoms with E-state index in [0.717, 1.165) is 11.1 Å². The molecule has 2 aliphatic heterocycles. The zero-order valence-corrected chi connectivity index (χ0v) is 11.9. The van der Waals surface area contributed by atoms with E-state index in [4.69, 9.17) is 17.3 Å². The third-order valence-electron chi connectivity index (χ3n) is 3.36. The van der Waals surface area contributed by atoms with E-state index in [-0.39, 0.29) is 0 Å². The van der Waals surface area contributed by atoms with Crippen LogP contribution in [0.25, 0.3) is 0 Å². The van der Waals surface area contributed by atoms with E-state index in [1.165, 1.54) is 0 Å². The summed E-state index contributed by atoms with van der Waals surface area (Å²) in [7, 11) is 0. The Bertz CT molecular complexity index is 1020. The second kappa shape index (κ2) is 4.57. The van der Waals surface area contributed by atoms with Crippen LogP contribution in [0.3, 0.4) is 0 Å². The number of urea groups is 1. The lowest BCUT2D eigenvalue weighted by molar-refractivity contribution is 0.256. The number of fused-ring (bicyclic) bond motifs is 2. The second-order valence-electron chi connectivity index (χ2n) is 4.78. The van der Waals surface area contributed by atoms with Gasteiger partial charge in [-0.15, -0.1) is 0 Å². The van der Waals surface area contributed by atoms with E-state index in [2.05, 4.69) is 20.0 Å². The summed E-state index contributed by atoms with van der Waals surface area (Å²) in [5, 5.41) is 1.13. The first-order valence-electron chi connectivity index (χ1n) is 6.45. The van der Waals surface area contributed by atoms with E-state index >= 15 is 0 Å². The maximum atomic E-state index is 11.2. The van der Waals surface area contributed by atoms with E-state index < -0.39 is 6.03 Å². The number of hydrogen-bond donors (Lipinski definition) is 1. The molecule has 2 heterocycles. The zero-order chi connectivity index (χ0) is 15.3. The minimum Gasteiger partial charge on any atom is -0.383 e. The maximum absolute atomic E-state index is 11.2. The number of benzene rings is 2. The van der Waals surface area contributed by atoms with Gasteiger partial charge in [-0.1, -0.05) is 35.9 Å². The highest BCUT2D eigenvalue weighted by molar-refractivity contribution is 6.31. The number of amidine groups is 2. The molecule has 2 N–H and O–H groups in total. The molecule has 22 heavy (non-hydrogen) atoms. The average molecular weight is 310 g/mol. The Morgan fingerprint density at radius 1 is 1.05 bits per heavy atom. The summed E-state index contributed by atoms with van der Waals surface area (Å²) in [5.74, 6) is 0.932.